The zero-order valence-corrected chi connectivity index (χ0v) is 13.1. The third-order valence-electron chi connectivity index (χ3n) is 4.44. The molecule has 2 rings (SSSR count). The van der Waals surface area contributed by atoms with Crippen LogP contribution in [-0.4, -0.2) is 44.4 Å². The van der Waals surface area contributed by atoms with Gasteiger partial charge < -0.3 is 5.73 Å². The van der Waals surface area contributed by atoms with Crippen LogP contribution in [0.25, 0.3) is 0 Å². The van der Waals surface area contributed by atoms with E-state index < -0.39 is 51.9 Å². The van der Waals surface area contributed by atoms with E-state index in [1.165, 1.54) is 5.01 Å². The van der Waals surface area contributed by atoms with Gasteiger partial charge in [0.2, 0.25) is 0 Å². The summed E-state index contributed by atoms with van der Waals surface area (Å²) >= 11 is 0. The molecule has 12 heteroatoms. The SMILES string of the molecule is N#CC1NN(C2CCC(C(F)(F)F)CC2)C(N)C1S(=O)C(F)(F)F. The summed E-state index contributed by atoms with van der Waals surface area (Å²) in [5, 5.41) is 8.47. The van der Waals surface area contributed by atoms with E-state index in [2.05, 4.69) is 5.43 Å². The molecule has 3 N–H and O–H groups in total. The standard InChI is InChI=1S/C12H16F6N4OS/c13-11(14,15)6-1-3-7(4-2-6)22-10(20)9(8(5-19)21-22)24(23)12(16,17)18/h6-10,21H,1-4,20H2. The van der Waals surface area contributed by atoms with Crippen molar-refractivity contribution in [2.24, 2.45) is 11.7 Å². The predicted molar refractivity (Wildman–Crippen MR) is 72.1 cm³/mol. The van der Waals surface area contributed by atoms with Crippen LogP contribution in [0.15, 0.2) is 0 Å². The number of alkyl halides is 6. The van der Waals surface area contributed by atoms with Gasteiger partial charge in [-0.3, -0.25) is 0 Å². The normalized spacial score (nSPS) is 37.2. The van der Waals surface area contributed by atoms with Crippen molar-refractivity contribution < 1.29 is 30.6 Å². The fourth-order valence-corrected chi connectivity index (χ4v) is 4.27. The van der Waals surface area contributed by atoms with E-state index in [1.54, 1.807) is 6.07 Å². The van der Waals surface area contributed by atoms with Crippen LogP contribution < -0.4 is 11.2 Å². The van der Waals surface area contributed by atoms with E-state index in [9.17, 15) is 30.6 Å². The maximum atomic E-state index is 12.7. The Labute approximate surface area is 136 Å². The molecule has 1 aliphatic carbocycles. The summed E-state index contributed by atoms with van der Waals surface area (Å²) in [4.78, 5) is 0. The molecule has 1 aliphatic heterocycles. The van der Waals surface area contributed by atoms with E-state index in [4.69, 9.17) is 11.0 Å². The van der Waals surface area contributed by atoms with Crippen molar-refractivity contribution in [1.29, 1.82) is 5.26 Å². The molecule has 0 radical (unpaired) electrons. The third-order valence-corrected chi connectivity index (χ3v) is 5.94. The Morgan fingerprint density at radius 2 is 1.67 bits per heavy atom. The molecule has 0 aromatic carbocycles. The van der Waals surface area contributed by atoms with Gasteiger partial charge in [0.15, 0.2) is 0 Å². The molecule has 5 nitrogen and oxygen atoms in total. The minimum atomic E-state index is -5.02. The highest BCUT2D eigenvalue weighted by Crippen LogP contribution is 2.40. The topological polar surface area (TPSA) is 82.2 Å². The van der Waals surface area contributed by atoms with Crippen molar-refractivity contribution in [1.82, 2.24) is 10.4 Å². The van der Waals surface area contributed by atoms with E-state index >= 15 is 0 Å². The molecule has 4 unspecified atom stereocenters. The first-order valence-electron chi connectivity index (χ1n) is 7.20. The molecule has 0 aromatic rings. The van der Waals surface area contributed by atoms with Crippen molar-refractivity contribution >= 4 is 10.8 Å². The zero-order chi connectivity index (χ0) is 18.3. The first-order chi connectivity index (χ1) is 11.0. The number of rotatable bonds is 2. The van der Waals surface area contributed by atoms with E-state index in [-0.39, 0.29) is 25.7 Å². The van der Waals surface area contributed by atoms with Crippen LogP contribution in [0, 0.1) is 17.2 Å². The summed E-state index contributed by atoms with van der Waals surface area (Å²) in [6, 6.07) is -0.358. The van der Waals surface area contributed by atoms with E-state index in [0.717, 1.165) is 0 Å². The van der Waals surface area contributed by atoms with Crippen molar-refractivity contribution in [3.8, 4) is 6.07 Å². The molecular weight excluding hydrogens is 362 g/mol. The number of hydrazine groups is 1. The Balaban J connectivity index is 2.09. The molecule has 0 amide bonds. The first kappa shape index (κ1) is 19.4. The first-order valence-corrected chi connectivity index (χ1v) is 8.42. The molecule has 1 saturated carbocycles. The van der Waals surface area contributed by atoms with Crippen molar-refractivity contribution in [3.05, 3.63) is 0 Å². The number of nitriles is 1. The molecular formula is C12H16F6N4OS. The van der Waals surface area contributed by atoms with Crippen LogP contribution in [0.4, 0.5) is 26.3 Å². The number of hydrogen-bond acceptors (Lipinski definition) is 5. The second-order valence-electron chi connectivity index (χ2n) is 5.89. The lowest BCUT2D eigenvalue weighted by atomic mass is 9.85. The molecule has 0 aromatic heterocycles. The van der Waals surface area contributed by atoms with Gasteiger partial charge in [-0.2, -0.15) is 31.6 Å². The average molecular weight is 378 g/mol. The molecule has 1 heterocycles. The second-order valence-corrected chi connectivity index (χ2v) is 7.49. The fraction of sp³-hybridized carbons (Fsp3) is 0.917. The van der Waals surface area contributed by atoms with Gasteiger partial charge in [0, 0.05) is 6.04 Å². The quantitative estimate of drug-likeness (QED) is 0.716. The number of nitrogens with two attached hydrogens (primary N) is 1. The molecule has 0 bridgehead atoms. The average Bonchev–Trinajstić information content (AvgIpc) is 2.81. The highest BCUT2D eigenvalue weighted by atomic mass is 32.2. The van der Waals surface area contributed by atoms with Crippen molar-refractivity contribution in [2.75, 3.05) is 0 Å². The molecule has 1 saturated heterocycles. The minimum Gasteiger partial charge on any atom is -0.314 e. The second kappa shape index (κ2) is 6.78. The summed E-state index contributed by atoms with van der Waals surface area (Å²) in [5.41, 5.74) is 3.20. The van der Waals surface area contributed by atoms with Crippen LogP contribution in [0.2, 0.25) is 0 Å². The Hall–Kier alpha value is -0.900. The van der Waals surface area contributed by atoms with Crippen LogP contribution in [0.1, 0.15) is 25.7 Å². The predicted octanol–water partition coefficient (Wildman–Crippen LogP) is 1.74. The molecule has 0 spiro atoms. The largest absolute Gasteiger partial charge is 0.471 e. The molecule has 2 aliphatic rings. The lowest BCUT2D eigenvalue weighted by Crippen LogP contribution is -2.53. The lowest BCUT2D eigenvalue weighted by Gasteiger charge is -2.37. The smallest absolute Gasteiger partial charge is 0.314 e. The Bertz CT molecular complexity index is 525. The van der Waals surface area contributed by atoms with Crippen LogP contribution >= 0.6 is 0 Å². The summed E-state index contributed by atoms with van der Waals surface area (Å²) < 4.78 is 87.7. The Kier molecular flexibility index (Phi) is 5.49. The maximum Gasteiger partial charge on any atom is 0.471 e. The van der Waals surface area contributed by atoms with Crippen LogP contribution in [-0.2, 0) is 10.8 Å². The Morgan fingerprint density at radius 3 is 2.08 bits per heavy atom. The lowest BCUT2D eigenvalue weighted by molar-refractivity contribution is -0.185. The number of halogens is 6. The molecule has 4 atom stereocenters. The van der Waals surface area contributed by atoms with Crippen LogP contribution in [0.5, 0.6) is 0 Å². The summed E-state index contributed by atoms with van der Waals surface area (Å²) in [5.74, 6) is -1.44. The summed E-state index contributed by atoms with van der Waals surface area (Å²) in [6.45, 7) is 0. The molecule has 138 valence electrons. The number of nitrogens with zero attached hydrogens (tertiary/aromatic N) is 2. The van der Waals surface area contributed by atoms with Crippen molar-refractivity contribution in [3.63, 3.8) is 0 Å². The van der Waals surface area contributed by atoms with Gasteiger partial charge in [-0.15, -0.1) is 0 Å². The molecule has 24 heavy (non-hydrogen) atoms. The fourth-order valence-electron chi connectivity index (χ4n) is 3.21. The van der Waals surface area contributed by atoms with Gasteiger partial charge in [-0.1, -0.05) is 0 Å². The molecule has 2 fully saturated rings. The van der Waals surface area contributed by atoms with Gasteiger partial charge in [0.1, 0.15) is 22.1 Å². The Morgan fingerprint density at radius 1 is 1.12 bits per heavy atom. The van der Waals surface area contributed by atoms with E-state index in [1.807, 2.05) is 0 Å². The maximum absolute atomic E-state index is 12.7. The third kappa shape index (κ3) is 3.84. The van der Waals surface area contributed by atoms with Gasteiger partial charge in [-0.25, -0.2) is 14.6 Å². The monoisotopic (exact) mass is 378 g/mol. The van der Waals surface area contributed by atoms with Gasteiger partial charge in [0.25, 0.3) is 0 Å². The van der Waals surface area contributed by atoms with Gasteiger partial charge >= 0.3 is 11.7 Å². The van der Waals surface area contributed by atoms with Gasteiger partial charge in [-0.05, 0) is 25.7 Å². The highest BCUT2D eigenvalue weighted by Gasteiger charge is 2.54. The highest BCUT2D eigenvalue weighted by molar-refractivity contribution is 7.86. The summed E-state index contributed by atoms with van der Waals surface area (Å²) in [7, 11) is -3.35. The van der Waals surface area contributed by atoms with E-state index in [0.29, 0.717) is 0 Å². The zero-order valence-electron chi connectivity index (χ0n) is 12.3. The van der Waals surface area contributed by atoms with Crippen LogP contribution in [0.3, 0.4) is 0 Å². The summed E-state index contributed by atoms with van der Waals surface area (Å²) in [6.07, 6.45) is -5.85. The number of hydrogen-bond donors (Lipinski definition) is 2. The minimum absolute atomic E-state index is 0.0778. The number of nitrogens with one attached hydrogen (secondary N) is 1. The van der Waals surface area contributed by atoms with Crippen molar-refractivity contribution in [2.45, 2.75) is 60.9 Å². The van der Waals surface area contributed by atoms with Gasteiger partial charge in [0.05, 0.1) is 18.2 Å².